The molecule has 1 aromatic heterocycles. The Morgan fingerprint density at radius 1 is 1.21 bits per heavy atom. The van der Waals surface area contributed by atoms with Gasteiger partial charge in [0.15, 0.2) is 0 Å². The van der Waals surface area contributed by atoms with E-state index < -0.39 is 10.0 Å². The first-order valence-electron chi connectivity index (χ1n) is 9.51. The van der Waals surface area contributed by atoms with E-state index in [2.05, 4.69) is 9.62 Å². The van der Waals surface area contributed by atoms with E-state index in [1.165, 1.54) is 0 Å². The van der Waals surface area contributed by atoms with Gasteiger partial charge in [-0.05, 0) is 68.8 Å². The SMILES string of the molecule is COCCOc1ccc(S(=O)(=O)NCC(c2ccco2)N2CCCC2)cc1C. The second-order valence-corrected chi connectivity index (χ2v) is 8.66. The minimum atomic E-state index is -3.64. The highest BCUT2D eigenvalue weighted by Crippen LogP contribution is 2.26. The van der Waals surface area contributed by atoms with Crippen LogP contribution in [0.2, 0.25) is 0 Å². The number of nitrogens with zero attached hydrogens (tertiary/aromatic N) is 1. The van der Waals surface area contributed by atoms with Crippen LogP contribution in [0.25, 0.3) is 0 Å². The van der Waals surface area contributed by atoms with E-state index in [-0.39, 0.29) is 17.5 Å². The number of methoxy groups -OCH3 is 1. The molecule has 28 heavy (non-hydrogen) atoms. The van der Waals surface area contributed by atoms with Gasteiger partial charge in [-0.2, -0.15) is 0 Å². The smallest absolute Gasteiger partial charge is 0.240 e. The molecule has 1 unspecified atom stereocenters. The number of ether oxygens (including phenoxy) is 2. The minimum Gasteiger partial charge on any atom is -0.491 e. The van der Waals surface area contributed by atoms with Gasteiger partial charge in [-0.25, -0.2) is 13.1 Å². The predicted molar refractivity (Wildman–Crippen MR) is 106 cm³/mol. The second-order valence-electron chi connectivity index (χ2n) is 6.89. The van der Waals surface area contributed by atoms with Gasteiger partial charge in [-0.1, -0.05) is 0 Å². The van der Waals surface area contributed by atoms with Gasteiger partial charge in [-0.3, -0.25) is 4.90 Å². The highest BCUT2D eigenvalue weighted by molar-refractivity contribution is 7.89. The summed E-state index contributed by atoms with van der Waals surface area (Å²) in [6.45, 7) is 4.88. The van der Waals surface area contributed by atoms with Crippen molar-refractivity contribution in [1.29, 1.82) is 0 Å². The molecule has 1 saturated heterocycles. The molecule has 1 aromatic carbocycles. The molecule has 0 saturated carbocycles. The van der Waals surface area contributed by atoms with Crippen molar-refractivity contribution >= 4 is 10.0 Å². The molecule has 8 heteroatoms. The standard InChI is InChI=1S/C20H28N2O5S/c1-16-14-17(7-8-19(16)27-13-12-25-2)28(23,24)21-15-18(20-6-5-11-26-20)22-9-3-4-10-22/h5-8,11,14,18,21H,3-4,9-10,12-13,15H2,1-2H3. The molecule has 1 fully saturated rings. The van der Waals surface area contributed by atoms with E-state index in [4.69, 9.17) is 13.9 Å². The Kier molecular flexibility index (Phi) is 7.12. The van der Waals surface area contributed by atoms with Gasteiger partial charge in [0.25, 0.3) is 0 Å². The first-order chi connectivity index (χ1) is 13.5. The molecule has 0 bridgehead atoms. The third kappa shape index (κ3) is 5.14. The first-order valence-corrected chi connectivity index (χ1v) is 11.0. The van der Waals surface area contributed by atoms with Crippen LogP contribution in [0.3, 0.4) is 0 Å². The first kappa shape index (κ1) is 20.9. The Balaban J connectivity index is 1.69. The van der Waals surface area contributed by atoms with Crippen molar-refractivity contribution in [3.8, 4) is 5.75 Å². The molecular formula is C20H28N2O5S. The van der Waals surface area contributed by atoms with Crippen LogP contribution in [0.5, 0.6) is 5.75 Å². The number of sulfonamides is 1. The number of likely N-dealkylation sites (tertiary alicyclic amines) is 1. The quantitative estimate of drug-likeness (QED) is 0.609. The van der Waals surface area contributed by atoms with Crippen LogP contribution >= 0.6 is 0 Å². The van der Waals surface area contributed by atoms with Gasteiger partial charge in [-0.15, -0.1) is 0 Å². The molecule has 0 radical (unpaired) electrons. The molecule has 7 nitrogen and oxygen atoms in total. The van der Waals surface area contributed by atoms with Crippen molar-refractivity contribution in [2.24, 2.45) is 0 Å². The fourth-order valence-electron chi connectivity index (χ4n) is 3.40. The van der Waals surface area contributed by atoms with Gasteiger partial charge < -0.3 is 13.9 Å². The average molecular weight is 409 g/mol. The summed E-state index contributed by atoms with van der Waals surface area (Å²) in [5, 5.41) is 0. The van der Waals surface area contributed by atoms with Gasteiger partial charge >= 0.3 is 0 Å². The highest BCUT2D eigenvalue weighted by atomic mass is 32.2. The maximum atomic E-state index is 12.8. The Morgan fingerprint density at radius 2 is 2.00 bits per heavy atom. The summed E-state index contributed by atoms with van der Waals surface area (Å²) in [7, 11) is -2.03. The molecule has 3 rings (SSSR count). The van der Waals surface area contributed by atoms with Crippen molar-refractivity contribution in [3.05, 3.63) is 47.9 Å². The van der Waals surface area contributed by atoms with Gasteiger partial charge in [0.1, 0.15) is 18.1 Å². The van der Waals surface area contributed by atoms with E-state index in [1.54, 1.807) is 31.6 Å². The normalized spacial score (nSPS) is 16.4. The highest BCUT2D eigenvalue weighted by Gasteiger charge is 2.27. The van der Waals surface area contributed by atoms with E-state index in [0.29, 0.717) is 19.0 Å². The lowest BCUT2D eigenvalue weighted by Gasteiger charge is -2.26. The molecular weight excluding hydrogens is 380 g/mol. The van der Waals surface area contributed by atoms with Crippen molar-refractivity contribution in [3.63, 3.8) is 0 Å². The minimum absolute atomic E-state index is 0.106. The lowest BCUT2D eigenvalue weighted by Crippen LogP contribution is -2.36. The predicted octanol–water partition coefficient (Wildman–Crippen LogP) is 2.73. The third-order valence-electron chi connectivity index (χ3n) is 4.92. The van der Waals surface area contributed by atoms with Gasteiger partial charge in [0.05, 0.1) is 23.8 Å². The van der Waals surface area contributed by atoms with Crippen molar-refractivity contribution in [1.82, 2.24) is 9.62 Å². The molecule has 1 atom stereocenters. The third-order valence-corrected chi connectivity index (χ3v) is 6.34. The summed E-state index contributed by atoms with van der Waals surface area (Å²) in [6.07, 6.45) is 3.86. The van der Waals surface area contributed by atoms with Gasteiger partial charge in [0, 0.05) is 13.7 Å². The maximum Gasteiger partial charge on any atom is 0.240 e. The number of aryl methyl sites for hydroxylation is 1. The summed E-state index contributed by atoms with van der Waals surface area (Å²) in [4.78, 5) is 2.49. The van der Waals surface area contributed by atoms with Crippen LogP contribution in [0, 0.1) is 6.92 Å². The number of rotatable bonds is 10. The summed E-state index contributed by atoms with van der Waals surface area (Å²) in [5.41, 5.74) is 0.765. The number of benzene rings is 1. The molecule has 154 valence electrons. The molecule has 0 amide bonds. The Morgan fingerprint density at radius 3 is 2.64 bits per heavy atom. The summed E-state index contributed by atoms with van der Waals surface area (Å²) in [6, 6.07) is 8.50. The number of nitrogens with one attached hydrogen (secondary N) is 1. The topological polar surface area (TPSA) is 81.0 Å². The van der Waals surface area contributed by atoms with Crippen molar-refractivity contribution in [2.45, 2.75) is 30.7 Å². The molecule has 0 spiro atoms. The molecule has 1 aliphatic rings. The zero-order valence-electron chi connectivity index (χ0n) is 16.4. The fourth-order valence-corrected chi connectivity index (χ4v) is 4.52. The van der Waals surface area contributed by atoms with E-state index in [0.717, 1.165) is 37.3 Å². The average Bonchev–Trinajstić information content (AvgIpc) is 3.38. The van der Waals surface area contributed by atoms with Crippen LogP contribution in [0.4, 0.5) is 0 Å². The number of hydrogen-bond donors (Lipinski definition) is 1. The van der Waals surface area contributed by atoms with Gasteiger partial charge in [0.2, 0.25) is 10.0 Å². The lowest BCUT2D eigenvalue weighted by atomic mass is 10.2. The van der Waals surface area contributed by atoms with E-state index >= 15 is 0 Å². The molecule has 1 aliphatic heterocycles. The zero-order chi connectivity index (χ0) is 20.0. The molecule has 1 N–H and O–H groups in total. The van der Waals surface area contributed by atoms with Crippen LogP contribution in [0.15, 0.2) is 45.9 Å². The largest absolute Gasteiger partial charge is 0.491 e. The van der Waals surface area contributed by atoms with E-state index in [9.17, 15) is 8.42 Å². The fraction of sp³-hybridized carbons (Fsp3) is 0.500. The Hall–Kier alpha value is -1.87. The molecule has 2 heterocycles. The van der Waals surface area contributed by atoms with Crippen molar-refractivity contribution in [2.75, 3.05) is 40.0 Å². The maximum absolute atomic E-state index is 12.8. The van der Waals surface area contributed by atoms with Crippen LogP contribution in [0.1, 0.15) is 30.2 Å². The monoisotopic (exact) mass is 408 g/mol. The number of hydrogen-bond acceptors (Lipinski definition) is 6. The second kappa shape index (κ2) is 9.56. The van der Waals surface area contributed by atoms with Crippen LogP contribution in [-0.4, -0.2) is 53.3 Å². The van der Waals surface area contributed by atoms with Crippen molar-refractivity contribution < 1.29 is 22.3 Å². The number of furan rings is 1. The van der Waals surface area contributed by atoms with Crippen LogP contribution in [-0.2, 0) is 14.8 Å². The lowest BCUT2D eigenvalue weighted by molar-refractivity contribution is 0.146. The molecule has 0 aliphatic carbocycles. The Bertz CT molecular complexity index is 845. The summed E-state index contributed by atoms with van der Waals surface area (Å²) >= 11 is 0. The van der Waals surface area contributed by atoms with Crippen LogP contribution < -0.4 is 9.46 Å². The Labute approximate surface area is 166 Å². The molecule has 2 aromatic rings. The van der Waals surface area contributed by atoms with E-state index in [1.807, 2.05) is 19.1 Å². The zero-order valence-corrected chi connectivity index (χ0v) is 17.2. The summed E-state index contributed by atoms with van der Waals surface area (Å²) < 4.78 is 44.5. The summed E-state index contributed by atoms with van der Waals surface area (Å²) in [5.74, 6) is 1.43.